The van der Waals surface area contributed by atoms with Crippen molar-refractivity contribution in [3.8, 4) is 11.8 Å². The minimum Gasteiger partial charge on any atom is -0.379 e. The lowest BCUT2D eigenvalue weighted by atomic mass is 9.75. The van der Waals surface area contributed by atoms with Crippen LogP contribution < -0.4 is 5.32 Å². The summed E-state index contributed by atoms with van der Waals surface area (Å²) in [6.45, 7) is 4.08. The van der Waals surface area contributed by atoms with Gasteiger partial charge in [0, 0.05) is 36.3 Å². The van der Waals surface area contributed by atoms with E-state index in [2.05, 4.69) is 22.1 Å². The van der Waals surface area contributed by atoms with Crippen molar-refractivity contribution in [1.29, 1.82) is 0 Å². The van der Waals surface area contributed by atoms with Crippen LogP contribution in [0.3, 0.4) is 0 Å². The molecule has 4 nitrogen and oxygen atoms in total. The molecular weight excluding hydrogens is 367 g/mol. The highest BCUT2D eigenvalue weighted by atomic mass is 19.1. The molecule has 1 saturated heterocycles. The van der Waals surface area contributed by atoms with Crippen LogP contribution in [0.25, 0.3) is 0 Å². The minimum atomic E-state index is -0.332. The summed E-state index contributed by atoms with van der Waals surface area (Å²) in [5.41, 5.74) is 1.81. The molecule has 1 saturated carbocycles. The Hall–Kier alpha value is -2.68. The molecule has 1 N–H and O–H groups in total. The van der Waals surface area contributed by atoms with Crippen LogP contribution in [-0.2, 0) is 4.74 Å². The standard InChI is InChI=1S/C24H25FN2O2/c25-22-5-2-1-4-20(22)9-6-19-7-10-21(11-8-19)23(28)26-18-24(12-3-13-24)27-14-16-29-17-15-27/h1-2,4-5,7-8,10-11H,3,12-18H2,(H,26,28). The molecule has 5 heteroatoms. The van der Waals surface area contributed by atoms with Crippen LogP contribution in [0.15, 0.2) is 48.5 Å². The van der Waals surface area contributed by atoms with Crippen molar-refractivity contribution in [2.45, 2.75) is 24.8 Å². The predicted molar refractivity (Wildman–Crippen MR) is 110 cm³/mol. The molecular formula is C24H25FN2O2. The molecule has 29 heavy (non-hydrogen) atoms. The van der Waals surface area contributed by atoms with Crippen LogP contribution in [0, 0.1) is 17.7 Å². The first-order chi connectivity index (χ1) is 14.2. The number of hydrogen-bond acceptors (Lipinski definition) is 3. The number of amides is 1. The minimum absolute atomic E-state index is 0.0712. The third kappa shape index (κ3) is 4.50. The molecule has 2 fully saturated rings. The van der Waals surface area contributed by atoms with E-state index < -0.39 is 0 Å². The van der Waals surface area contributed by atoms with Crippen LogP contribution in [0.2, 0.25) is 0 Å². The quantitative estimate of drug-likeness (QED) is 0.813. The van der Waals surface area contributed by atoms with E-state index in [9.17, 15) is 9.18 Å². The average molecular weight is 392 g/mol. The second-order valence-corrected chi connectivity index (χ2v) is 7.67. The predicted octanol–water partition coefficient (Wildman–Crippen LogP) is 3.21. The van der Waals surface area contributed by atoms with Crippen LogP contribution >= 0.6 is 0 Å². The molecule has 0 aromatic heterocycles. The number of rotatable bonds is 4. The van der Waals surface area contributed by atoms with Gasteiger partial charge in [-0.3, -0.25) is 9.69 Å². The molecule has 1 aliphatic heterocycles. The fourth-order valence-electron chi connectivity index (χ4n) is 3.98. The molecule has 2 aromatic rings. The molecule has 0 atom stereocenters. The van der Waals surface area contributed by atoms with Crippen LogP contribution in [0.4, 0.5) is 4.39 Å². The van der Waals surface area contributed by atoms with Gasteiger partial charge in [-0.05, 0) is 55.7 Å². The third-order valence-electron chi connectivity index (χ3n) is 5.91. The highest BCUT2D eigenvalue weighted by molar-refractivity contribution is 5.94. The number of carbonyl (C=O) groups is 1. The zero-order chi connectivity index (χ0) is 20.1. The van der Waals surface area contributed by atoms with Gasteiger partial charge >= 0.3 is 0 Å². The lowest BCUT2D eigenvalue weighted by Crippen LogP contribution is -2.62. The van der Waals surface area contributed by atoms with Gasteiger partial charge in [0.25, 0.3) is 5.91 Å². The van der Waals surface area contributed by atoms with Gasteiger partial charge in [0.2, 0.25) is 0 Å². The van der Waals surface area contributed by atoms with Gasteiger partial charge in [0.15, 0.2) is 0 Å². The maximum Gasteiger partial charge on any atom is 0.251 e. The van der Waals surface area contributed by atoms with Gasteiger partial charge in [-0.25, -0.2) is 4.39 Å². The number of nitrogens with one attached hydrogen (secondary N) is 1. The summed E-state index contributed by atoms with van der Waals surface area (Å²) in [4.78, 5) is 15.1. The number of morpholine rings is 1. The summed E-state index contributed by atoms with van der Waals surface area (Å²) < 4.78 is 19.1. The van der Waals surface area contributed by atoms with Crippen LogP contribution in [0.1, 0.15) is 40.7 Å². The van der Waals surface area contributed by atoms with Crippen molar-refractivity contribution in [2.75, 3.05) is 32.8 Å². The molecule has 0 bridgehead atoms. The smallest absolute Gasteiger partial charge is 0.251 e. The highest BCUT2D eigenvalue weighted by Crippen LogP contribution is 2.37. The molecule has 0 spiro atoms. The monoisotopic (exact) mass is 392 g/mol. The molecule has 2 aromatic carbocycles. The SMILES string of the molecule is O=C(NCC1(N2CCOCC2)CCC1)c1ccc(C#Cc2ccccc2F)cc1. The van der Waals surface area contributed by atoms with E-state index in [0.717, 1.165) is 44.7 Å². The first-order valence-electron chi connectivity index (χ1n) is 10.1. The number of halogens is 1. The Morgan fingerprint density at radius 3 is 2.45 bits per heavy atom. The number of carbonyl (C=O) groups excluding carboxylic acids is 1. The highest BCUT2D eigenvalue weighted by Gasteiger charge is 2.42. The summed E-state index contributed by atoms with van der Waals surface area (Å²) in [5, 5.41) is 3.12. The maximum atomic E-state index is 13.6. The number of hydrogen-bond donors (Lipinski definition) is 1. The molecule has 150 valence electrons. The van der Waals surface area contributed by atoms with Crippen LogP contribution in [0.5, 0.6) is 0 Å². The first kappa shape index (κ1) is 19.6. The first-order valence-corrected chi connectivity index (χ1v) is 10.1. The molecule has 0 radical (unpaired) electrons. The maximum absolute atomic E-state index is 13.6. The molecule has 4 rings (SSSR count). The summed E-state index contributed by atoms with van der Waals surface area (Å²) in [7, 11) is 0. The normalized spacial score (nSPS) is 18.2. The molecule has 1 amide bonds. The van der Waals surface area contributed by atoms with Crippen molar-refractivity contribution >= 4 is 5.91 Å². The van der Waals surface area contributed by atoms with Gasteiger partial charge in [-0.1, -0.05) is 24.0 Å². The van der Waals surface area contributed by atoms with E-state index >= 15 is 0 Å². The zero-order valence-corrected chi connectivity index (χ0v) is 16.4. The lowest BCUT2D eigenvalue weighted by Gasteiger charge is -2.51. The van der Waals surface area contributed by atoms with Gasteiger partial charge in [-0.2, -0.15) is 0 Å². The Labute approximate surface area is 171 Å². The van der Waals surface area contributed by atoms with E-state index in [-0.39, 0.29) is 17.3 Å². The third-order valence-corrected chi connectivity index (χ3v) is 5.91. The Bertz CT molecular complexity index is 920. The summed E-state index contributed by atoms with van der Waals surface area (Å²) in [6, 6.07) is 13.6. The van der Waals surface area contributed by atoms with Crippen molar-refractivity contribution in [3.05, 3.63) is 71.0 Å². The lowest BCUT2D eigenvalue weighted by molar-refractivity contribution is -0.0540. The van der Waals surface area contributed by atoms with Gasteiger partial charge < -0.3 is 10.1 Å². The topological polar surface area (TPSA) is 41.6 Å². The van der Waals surface area contributed by atoms with Crippen molar-refractivity contribution in [3.63, 3.8) is 0 Å². The Morgan fingerprint density at radius 1 is 1.07 bits per heavy atom. The molecule has 1 heterocycles. The summed E-state index contributed by atoms with van der Waals surface area (Å²) >= 11 is 0. The Kier molecular flexibility index (Phi) is 5.94. The van der Waals surface area contributed by atoms with Crippen molar-refractivity contribution < 1.29 is 13.9 Å². The van der Waals surface area contributed by atoms with Crippen LogP contribution in [-0.4, -0.2) is 49.2 Å². The number of ether oxygens (including phenoxy) is 1. The van der Waals surface area contributed by atoms with E-state index in [0.29, 0.717) is 17.7 Å². The zero-order valence-electron chi connectivity index (χ0n) is 16.4. The number of nitrogens with zero attached hydrogens (tertiary/aromatic N) is 1. The second-order valence-electron chi connectivity index (χ2n) is 7.67. The van der Waals surface area contributed by atoms with Crippen molar-refractivity contribution in [1.82, 2.24) is 10.2 Å². The number of benzene rings is 2. The second kappa shape index (κ2) is 8.77. The average Bonchev–Trinajstić information content (AvgIpc) is 2.73. The Balaban J connectivity index is 1.37. The van der Waals surface area contributed by atoms with Crippen molar-refractivity contribution in [2.24, 2.45) is 0 Å². The van der Waals surface area contributed by atoms with E-state index in [1.165, 1.54) is 12.5 Å². The van der Waals surface area contributed by atoms with Gasteiger partial charge in [0.05, 0.1) is 18.8 Å². The summed E-state index contributed by atoms with van der Waals surface area (Å²) in [5.74, 6) is 5.38. The Morgan fingerprint density at radius 2 is 1.79 bits per heavy atom. The largest absolute Gasteiger partial charge is 0.379 e. The summed E-state index contributed by atoms with van der Waals surface area (Å²) in [6.07, 6.45) is 3.46. The van der Waals surface area contributed by atoms with E-state index in [1.807, 2.05) is 0 Å². The molecule has 2 aliphatic rings. The fraction of sp³-hybridized carbons (Fsp3) is 0.375. The van der Waals surface area contributed by atoms with Gasteiger partial charge in [0.1, 0.15) is 5.82 Å². The molecule has 0 unspecified atom stereocenters. The molecule has 1 aliphatic carbocycles. The van der Waals surface area contributed by atoms with Gasteiger partial charge in [-0.15, -0.1) is 0 Å². The fourth-order valence-corrected chi connectivity index (χ4v) is 3.98. The van der Waals surface area contributed by atoms with E-state index in [1.54, 1.807) is 42.5 Å². The van der Waals surface area contributed by atoms with E-state index in [4.69, 9.17) is 4.74 Å².